The van der Waals surface area contributed by atoms with Gasteiger partial charge in [0.15, 0.2) is 11.6 Å². The topological polar surface area (TPSA) is 149 Å². The maximum atomic E-state index is 13.7. The Hall–Kier alpha value is -4.82. The van der Waals surface area contributed by atoms with Crippen LogP contribution in [0.5, 0.6) is 5.75 Å². The van der Waals surface area contributed by atoms with Crippen molar-refractivity contribution < 1.29 is 19.4 Å². The fourth-order valence-corrected chi connectivity index (χ4v) is 5.66. The Morgan fingerprint density at radius 2 is 1.64 bits per heavy atom. The molecule has 1 aliphatic rings. The predicted octanol–water partition coefficient (Wildman–Crippen LogP) is 7.57. The van der Waals surface area contributed by atoms with Crippen molar-refractivity contribution in [2.75, 3.05) is 37.4 Å². The van der Waals surface area contributed by atoms with Gasteiger partial charge in [0.1, 0.15) is 29.0 Å². The molecule has 0 fully saturated rings. The highest BCUT2D eigenvalue weighted by Gasteiger charge is 2.37. The van der Waals surface area contributed by atoms with Gasteiger partial charge in [-0.05, 0) is 37.5 Å². The monoisotopic (exact) mass is 642 g/mol. The second-order valence-corrected chi connectivity index (χ2v) is 11.0. The van der Waals surface area contributed by atoms with Gasteiger partial charge >= 0.3 is 0 Å². The highest BCUT2D eigenvalue weighted by molar-refractivity contribution is 6.43. The van der Waals surface area contributed by atoms with Crippen LogP contribution < -0.4 is 10.6 Å². The summed E-state index contributed by atoms with van der Waals surface area (Å²) in [5.41, 5.74) is 1.62. The molecule has 1 aliphatic carbocycles. The number of fused-ring (bicyclic) bond motifs is 2. The first kappa shape index (κ1) is 31.6. The van der Waals surface area contributed by atoms with E-state index in [0.717, 1.165) is 5.56 Å². The molecule has 0 saturated heterocycles. The van der Waals surface area contributed by atoms with Gasteiger partial charge < -0.3 is 20.5 Å². The highest BCUT2D eigenvalue weighted by Crippen LogP contribution is 2.44. The van der Waals surface area contributed by atoms with E-state index in [1.165, 1.54) is 24.3 Å². The Labute approximate surface area is 269 Å². The number of nitrogens with zero attached hydrogens (tertiary/aromatic N) is 4. The van der Waals surface area contributed by atoms with Crippen LogP contribution >= 0.6 is 23.2 Å². The third-order valence-corrected chi connectivity index (χ3v) is 7.90. The van der Waals surface area contributed by atoms with Gasteiger partial charge in [0, 0.05) is 37.9 Å². The van der Waals surface area contributed by atoms with E-state index in [0.29, 0.717) is 49.7 Å². The summed E-state index contributed by atoms with van der Waals surface area (Å²) in [6, 6.07) is 17.7. The third kappa shape index (κ3) is 6.37. The molecular weight excluding hydrogens is 615 g/mol. The second kappa shape index (κ2) is 13.9. The van der Waals surface area contributed by atoms with Crippen molar-refractivity contribution in [2.24, 2.45) is 10.2 Å². The van der Waals surface area contributed by atoms with E-state index < -0.39 is 11.6 Å². The van der Waals surface area contributed by atoms with Crippen LogP contribution in [0.25, 0.3) is 0 Å². The fourth-order valence-electron chi connectivity index (χ4n) is 5.08. The van der Waals surface area contributed by atoms with Crippen molar-refractivity contribution in [3.63, 3.8) is 0 Å². The lowest BCUT2D eigenvalue weighted by Gasteiger charge is -2.21. The third-order valence-electron chi connectivity index (χ3n) is 7.32. The maximum Gasteiger partial charge on any atom is 0.200 e. The number of benzene rings is 3. The van der Waals surface area contributed by atoms with Crippen LogP contribution in [-0.4, -0.2) is 48.5 Å². The summed E-state index contributed by atoms with van der Waals surface area (Å²) in [5, 5.41) is 35.8. The number of azo groups is 1. The zero-order valence-electron chi connectivity index (χ0n) is 24.4. The number of phenolic OH excluding ortho intramolecular Hbond substituents is 1. The number of hydrogen-bond donors (Lipinski definition) is 3. The van der Waals surface area contributed by atoms with E-state index in [1.54, 1.807) is 14.0 Å². The number of anilines is 2. The lowest BCUT2D eigenvalue weighted by molar-refractivity contribution is 0.0977. The average Bonchev–Trinajstić information content (AvgIpc) is 3.02. The summed E-state index contributed by atoms with van der Waals surface area (Å²) in [4.78, 5) is 31.8. The van der Waals surface area contributed by atoms with Gasteiger partial charge in [-0.1, -0.05) is 65.7 Å². The molecule has 12 heteroatoms. The molecule has 0 radical (unpaired) electrons. The molecule has 228 valence electrons. The second-order valence-electron chi connectivity index (χ2n) is 10.2. The van der Waals surface area contributed by atoms with Crippen molar-refractivity contribution in [1.82, 2.24) is 4.98 Å². The largest absolute Gasteiger partial charge is 0.507 e. The summed E-state index contributed by atoms with van der Waals surface area (Å²) in [6.45, 7) is 3.28. The number of halogens is 2. The number of nitrogens with one attached hydrogen (secondary N) is 2. The van der Waals surface area contributed by atoms with Gasteiger partial charge in [0.25, 0.3) is 0 Å². The van der Waals surface area contributed by atoms with E-state index in [-0.39, 0.29) is 55.0 Å². The molecule has 3 aromatic carbocycles. The lowest BCUT2D eigenvalue weighted by atomic mass is 9.82. The molecule has 0 atom stereocenters. The van der Waals surface area contributed by atoms with E-state index in [1.807, 2.05) is 30.3 Å². The normalized spacial score (nSPS) is 12.2. The Balaban J connectivity index is 1.59. The predicted molar refractivity (Wildman–Crippen MR) is 173 cm³/mol. The van der Waals surface area contributed by atoms with E-state index in [9.17, 15) is 20.0 Å². The quantitative estimate of drug-likeness (QED) is 0.0986. The molecule has 3 N–H and O–H groups in total. The van der Waals surface area contributed by atoms with Crippen LogP contribution in [-0.2, 0) is 11.2 Å². The van der Waals surface area contributed by atoms with Gasteiger partial charge in [0.05, 0.1) is 32.3 Å². The Kier molecular flexibility index (Phi) is 9.74. The Bertz CT molecular complexity index is 1870. The Morgan fingerprint density at radius 3 is 2.38 bits per heavy atom. The smallest absolute Gasteiger partial charge is 0.200 e. The summed E-state index contributed by atoms with van der Waals surface area (Å²) < 4.78 is 5.13. The molecule has 0 unspecified atom stereocenters. The molecule has 0 aliphatic heterocycles. The maximum absolute atomic E-state index is 13.7. The number of carbonyl (C=O) groups excluding carboxylic acids is 2. The average molecular weight is 644 g/mol. The molecule has 0 amide bonds. The van der Waals surface area contributed by atoms with Gasteiger partial charge in [0.2, 0.25) is 5.78 Å². The number of pyridine rings is 1. The Morgan fingerprint density at radius 1 is 0.911 bits per heavy atom. The van der Waals surface area contributed by atoms with Gasteiger partial charge in [-0.2, -0.15) is 5.26 Å². The summed E-state index contributed by atoms with van der Waals surface area (Å²) >= 11 is 13.0. The summed E-state index contributed by atoms with van der Waals surface area (Å²) in [5.74, 6) is -0.842. The van der Waals surface area contributed by atoms with Crippen LogP contribution in [0.1, 0.15) is 55.0 Å². The zero-order chi connectivity index (χ0) is 32.1. The molecule has 45 heavy (non-hydrogen) atoms. The first-order valence-corrected chi connectivity index (χ1v) is 14.8. The van der Waals surface area contributed by atoms with Crippen LogP contribution in [0.3, 0.4) is 0 Å². The van der Waals surface area contributed by atoms with Gasteiger partial charge in [-0.25, -0.2) is 4.98 Å². The molecule has 1 aromatic heterocycles. The van der Waals surface area contributed by atoms with Crippen LogP contribution in [0.2, 0.25) is 10.0 Å². The number of carbonyl (C=O) groups is 2. The molecular formula is C33H28Cl2N6O4. The minimum atomic E-state index is -0.666. The lowest BCUT2D eigenvalue weighted by Crippen LogP contribution is -2.21. The SMILES string of the molecule is COCCCNc1nc(NCCc2ccccc2)c(/N=N/c2c(Cl)cc(Cl)c3c2C(=O)c2c(O)cccc2C3=O)c(C)c1C#N. The highest BCUT2D eigenvalue weighted by atomic mass is 35.5. The minimum absolute atomic E-state index is 0.0244. The first-order chi connectivity index (χ1) is 21.8. The summed E-state index contributed by atoms with van der Waals surface area (Å²) in [7, 11) is 1.62. The van der Waals surface area contributed by atoms with Crippen molar-refractivity contribution in [1.29, 1.82) is 5.26 Å². The number of rotatable bonds is 11. The van der Waals surface area contributed by atoms with Crippen LogP contribution in [0.15, 0.2) is 64.8 Å². The van der Waals surface area contributed by atoms with Crippen molar-refractivity contribution in [2.45, 2.75) is 19.8 Å². The van der Waals surface area contributed by atoms with E-state index in [2.05, 4.69) is 26.9 Å². The van der Waals surface area contributed by atoms with E-state index in [4.69, 9.17) is 32.9 Å². The number of aromatic hydroxyl groups is 1. The number of nitriles is 1. The number of phenols is 1. The molecule has 1 heterocycles. The summed E-state index contributed by atoms with van der Waals surface area (Å²) in [6.07, 6.45) is 1.39. The number of ether oxygens (including phenoxy) is 1. The van der Waals surface area contributed by atoms with Crippen molar-refractivity contribution >= 4 is 57.8 Å². The first-order valence-electron chi connectivity index (χ1n) is 14.1. The van der Waals surface area contributed by atoms with Crippen molar-refractivity contribution in [3.8, 4) is 11.8 Å². The minimum Gasteiger partial charge on any atom is -0.507 e. The standard InChI is InChI=1S/C33H28Cl2N6O4/c1-18-21(17-36)32(37-13-7-15-45-2)39-33(38-14-12-19-8-4-3-5-9-19)28(18)40-41-29-23(35)16-22(34)26-27(29)31(44)25-20(30(26)43)10-6-11-24(25)42/h3-6,8-11,16,42H,7,12-15H2,1-2H3,(H2,37,38,39)/b41-40+. The number of ketones is 2. The molecule has 5 rings (SSSR count). The number of methoxy groups -OCH3 is 1. The molecule has 4 aromatic rings. The van der Waals surface area contributed by atoms with Crippen LogP contribution in [0, 0.1) is 18.3 Å². The number of hydrogen-bond acceptors (Lipinski definition) is 10. The molecule has 10 nitrogen and oxygen atoms in total. The van der Waals surface area contributed by atoms with Gasteiger partial charge in [-0.3, -0.25) is 9.59 Å². The zero-order valence-corrected chi connectivity index (χ0v) is 26.0. The van der Waals surface area contributed by atoms with E-state index >= 15 is 0 Å². The molecule has 0 saturated carbocycles. The van der Waals surface area contributed by atoms with Crippen molar-refractivity contribution in [3.05, 3.63) is 104 Å². The van der Waals surface area contributed by atoms with Gasteiger partial charge in [-0.15, -0.1) is 10.2 Å². The number of aromatic nitrogens is 1. The molecule has 0 bridgehead atoms. The van der Waals surface area contributed by atoms with Crippen LogP contribution in [0.4, 0.5) is 23.0 Å². The molecule has 0 spiro atoms. The fraction of sp³-hybridized carbons (Fsp3) is 0.212.